The van der Waals surface area contributed by atoms with Crippen molar-refractivity contribution in [2.45, 2.75) is 35.4 Å². The molecule has 1 heterocycles. The molecule has 1 aromatic heterocycles. The largest absolute Gasteiger partial charge is 0.352 e. The Kier molecular flexibility index (Phi) is 7.54. The number of aromatic nitrogens is 1. The van der Waals surface area contributed by atoms with E-state index >= 15 is 0 Å². The number of unbranched alkanes of at least 4 members (excludes halogenated alkanes) is 1. The maximum atomic E-state index is 11.9. The summed E-state index contributed by atoms with van der Waals surface area (Å²) in [6.45, 7) is 2.42. The van der Waals surface area contributed by atoms with E-state index < -0.39 is 6.03 Å². The fraction of sp³-hybridized carbons (Fsp3) is 0.312. The van der Waals surface area contributed by atoms with Crippen molar-refractivity contribution in [3.8, 4) is 0 Å². The number of hydrogen-bond donors (Lipinski definition) is 3. The van der Waals surface area contributed by atoms with E-state index in [1.165, 1.54) is 11.8 Å². The second-order valence-corrected chi connectivity index (χ2v) is 7.85. The summed E-state index contributed by atoms with van der Waals surface area (Å²) in [6, 6.07) is 4.87. The van der Waals surface area contributed by atoms with Crippen molar-refractivity contribution in [3.05, 3.63) is 34.3 Å². The number of rotatable bonds is 8. The Morgan fingerprint density at radius 3 is 2.80 bits per heavy atom. The van der Waals surface area contributed by atoms with Crippen molar-refractivity contribution in [1.82, 2.24) is 10.3 Å². The molecule has 0 aliphatic heterocycles. The zero-order valence-corrected chi connectivity index (χ0v) is 16.1. The summed E-state index contributed by atoms with van der Waals surface area (Å²) >= 11 is 9.37. The molecule has 2 rings (SSSR count). The molecule has 3 amide bonds. The lowest BCUT2D eigenvalue weighted by Crippen LogP contribution is -2.30. The molecule has 0 radical (unpaired) electrons. The summed E-state index contributed by atoms with van der Waals surface area (Å²) in [7, 11) is 0. The normalized spacial score (nSPS) is 10.5. The molecule has 2 aromatic rings. The number of benzene rings is 1. The van der Waals surface area contributed by atoms with Gasteiger partial charge in [-0.1, -0.05) is 23.4 Å². The van der Waals surface area contributed by atoms with Crippen LogP contribution in [0.3, 0.4) is 0 Å². The number of primary amides is 1. The summed E-state index contributed by atoms with van der Waals surface area (Å²) in [4.78, 5) is 27.7. The minimum atomic E-state index is -0.551. The third-order valence-corrected chi connectivity index (χ3v) is 5.70. The van der Waals surface area contributed by atoms with Crippen LogP contribution in [-0.2, 0) is 4.79 Å². The molecule has 9 heteroatoms. The van der Waals surface area contributed by atoms with Crippen LogP contribution in [0, 0.1) is 6.92 Å². The maximum Gasteiger partial charge on any atom is 0.312 e. The van der Waals surface area contributed by atoms with Crippen LogP contribution < -0.4 is 16.4 Å². The highest BCUT2D eigenvalue weighted by molar-refractivity contribution is 8.01. The molecule has 1 aromatic carbocycles. The first-order valence-corrected chi connectivity index (χ1v) is 9.74. The lowest BCUT2D eigenvalue weighted by molar-refractivity contribution is -0.116. The van der Waals surface area contributed by atoms with Crippen molar-refractivity contribution >= 4 is 52.3 Å². The van der Waals surface area contributed by atoms with Gasteiger partial charge in [0.15, 0.2) is 4.34 Å². The van der Waals surface area contributed by atoms with Crippen molar-refractivity contribution in [1.29, 1.82) is 0 Å². The number of anilines is 1. The minimum absolute atomic E-state index is 0.0916. The highest BCUT2D eigenvalue weighted by Crippen LogP contribution is 2.36. The Morgan fingerprint density at radius 1 is 1.36 bits per heavy atom. The molecular weight excluding hydrogens is 380 g/mol. The first-order valence-electron chi connectivity index (χ1n) is 7.67. The van der Waals surface area contributed by atoms with E-state index in [-0.39, 0.29) is 5.91 Å². The van der Waals surface area contributed by atoms with E-state index in [1.54, 1.807) is 17.4 Å². The van der Waals surface area contributed by atoms with Gasteiger partial charge >= 0.3 is 6.03 Å². The summed E-state index contributed by atoms with van der Waals surface area (Å²) in [5.41, 5.74) is 6.61. The number of amides is 3. The van der Waals surface area contributed by atoms with E-state index in [4.69, 9.17) is 17.3 Å². The van der Waals surface area contributed by atoms with Gasteiger partial charge in [0.05, 0.1) is 5.02 Å². The lowest BCUT2D eigenvalue weighted by Gasteiger charge is -2.08. The molecule has 25 heavy (non-hydrogen) atoms. The fourth-order valence-electron chi connectivity index (χ4n) is 1.98. The molecule has 0 aliphatic carbocycles. The van der Waals surface area contributed by atoms with Crippen molar-refractivity contribution in [3.63, 3.8) is 0 Å². The molecule has 6 nitrogen and oxygen atoms in total. The SMILES string of the molecule is Cc1csc(Sc2ccc(NC(=O)CCCCNC(N)=O)cc2Cl)n1. The molecule has 0 bridgehead atoms. The number of halogens is 1. The van der Waals surface area contributed by atoms with Crippen LogP contribution >= 0.6 is 34.7 Å². The molecule has 4 N–H and O–H groups in total. The third kappa shape index (κ3) is 6.93. The zero-order chi connectivity index (χ0) is 18.2. The first kappa shape index (κ1) is 19.6. The number of thiazole rings is 1. The molecule has 0 fully saturated rings. The number of nitrogens with zero attached hydrogens (tertiary/aromatic N) is 1. The Balaban J connectivity index is 1.81. The maximum absolute atomic E-state index is 11.9. The van der Waals surface area contributed by atoms with Gasteiger partial charge in [0.1, 0.15) is 0 Å². The number of carbonyl (C=O) groups excluding carboxylic acids is 2. The van der Waals surface area contributed by atoms with Gasteiger partial charge in [-0.05, 0) is 38.0 Å². The monoisotopic (exact) mass is 398 g/mol. The molecule has 0 saturated carbocycles. The van der Waals surface area contributed by atoms with E-state index in [0.29, 0.717) is 36.5 Å². The van der Waals surface area contributed by atoms with Crippen LogP contribution in [-0.4, -0.2) is 23.5 Å². The minimum Gasteiger partial charge on any atom is -0.352 e. The second kappa shape index (κ2) is 9.65. The standard InChI is InChI=1S/C16H19ClN4O2S2/c1-10-9-24-16(20-10)25-13-6-5-11(8-12(13)17)21-14(22)4-2-3-7-19-15(18)23/h5-6,8-9H,2-4,7H2,1H3,(H,21,22)(H3,18,19,23). The Hall–Kier alpha value is -1.77. The first-order chi connectivity index (χ1) is 11.9. The van der Waals surface area contributed by atoms with Gasteiger partial charge in [-0.15, -0.1) is 11.3 Å². The number of aryl methyl sites for hydroxylation is 1. The summed E-state index contributed by atoms with van der Waals surface area (Å²) < 4.78 is 0.931. The van der Waals surface area contributed by atoms with Crippen LogP contribution in [0.1, 0.15) is 25.0 Å². The van der Waals surface area contributed by atoms with Gasteiger partial charge < -0.3 is 16.4 Å². The zero-order valence-electron chi connectivity index (χ0n) is 13.7. The average molecular weight is 399 g/mol. The predicted octanol–water partition coefficient (Wildman–Crippen LogP) is 4.03. The molecule has 0 atom stereocenters. The quantitative estimate of drug-likeness (QED) is 0.584. The van der Waals surface area contributed by atoms with Crippen LogP contribution in [0.5, 0.6) is 0 Å². The van der Waals surface area contributed by atoms with Crippen molar-refractivity contribution < 1.29 is 9.59 Å². The molecule has 0 aliphatic rings. The van der Waals surface area contributed by atoms with Gasteiger partial charge in [-0.3, -0.25) is 4.79 Å². The fourth-order valence-corrected chi connectivity index (χ4v) is 4.07. The van der Waals surface area contributed by atoms with Gasteiger partial charge in [-0.2, -0.15) is 0 Å². The highest BCUT2D eigenvalue weighted by Gasteiger charge is 2.09. The second-order valence-electron chi connectivity index (χ2n) is 5.30. The molecule has 0 unspecified atom stereocenters. The van der Waals surface area contributed by atoms with Gasteiger partial charge in [0.2, 0.25) is 5.91 Å². The van der Waals surface area contributed by atoms with Crippen LogP contribution in [0.4, 0.5) is 10.5 Å². The van der Waals surface area contributed by atoms with E-state index in [1.807, 2.05) is 24.4 Å². The van der Waals surface area contributed by atoms with Crippen molar-refractivity contribution in [2.75, 3.05) is 11.9 Å². The Labute approximate surface area is 159 Å². The summed E-state index contributed by atoms with van der Waals surface area (Å²) in [6.07, 6.45) is 1.73. The smallest absolute Gasteiger partial charge is 0.312 e. The number of nitrogens with two attached hydrogens (primary N) is 1. The predicted molar refractivity (Wildman–Crippen MR) is 102 cm³/mol. The Morgan fingerprint density at radius 2 is 2.16 bits per heavy atom. The molecule has 134 valence electrons. The van der Waals surface area contributed by atoms with Crippen LogP contribution in [0.25, 0.3) is 0 Å². The van der Waals surface area contributed by atoms with Gasteiger partial charge in [-0.25, -0.2) is 9.78 Å². The molecule has 0 spiro atoms. The van der Waals surface area contributed by atoms with Crippen LogP contribution in [0.15, 0.2) is 32.8 Å². The molecule has 0 saturated heterocycles. The number of urea groups is 1. The van der Waals surface area contributed by atoms with E-state index in [9.17, 15) is 9.59 Å². The van der Waals surface area contributed by atoms with E-state index in [0.717, 1.165) is 14.9 Å². The Bertz CT molecular complexity index is 751. The third-order valence-electron chi connectivity index (χ3n) is 3.14. The van der Waals surface area contributed by atoms with E-state index in [2.05, 4.69) is 15.6 Å². The van der Waals surface area contributed by atoms with Crippen molar-refractivity contribution in [2.24, 2.45) is 5.73 Å². The topological polar surface area (TPSA) is 97.1 Å². The highest BCUT2D eigenvalue weighted by atomic mass is 35.5. The van der Waals surface area contributed by atoms with Gasteiger partial charge in [0.25, 0.3) is 0 Å². The summed E-state index contributed by atoms with van der Waals surface area (Å²) in [5.74, 6) is -0.0916. The van der Waals surface area contributed by atoms with Gasteiger partial charge in [0, 0.05) is 34.6 Å². The lowest BCUT2D eigenvalue weighted by atomic mass is 10.2. The van der Waals surface area contributed by atoms with Crippen LogP contribution in [0.2, 0.25) is 5.02 Å². The molecular formula is C16H19ClN4O2S2. The average Bonchev–Trinajstić information content (AvgIpc) is 2.94. The number of nitrogens with one attached hydrogen (secondary N) is 2. The summed E-state index contributed by atoms with van der Waals surface area (Å²) in [5, 5.41) is 7.87. The number of carbonyl (C=O) groups is 2. The number of hydrogen-bond acceptors (Lipinski definition) is 5.